The summed E-state index contributed by atoms with van der Waals surface area (Å²) in [6.07, 6.45) is 5.54. The Morgan fingerprint density at radius 2 is 2.04 bits per heavy atom. The lowest BCUT2D eigenvalue weighted by Crippen LogP contribution is -2.23. The molecule has 0 aliphatic carbocycles. The number of ether oxygens (including phenoxy) is 1. The number of carbonyl (C=O) groups excluding carboxylic acids is 1. The second-order valence-electron chi connectivity index (χ2n) is 6.11. The van der Waals surface area contributed by atoms with Gasteiger partial charge in [-0.25, -0.2) is 4.98 Å². The number of carbonyl (C=O) groups is 1. The van der Waals surface area contributed by atoms with Crippen molar-refractivity contribution in [1.29, 1.82) is 0 Å². The van der Waals surface area contributed by atoms with E-state index in [2.05, 4.69) is 10.3 Å². The van der Waals surface area contributed by atoms with Gasteiger partial charge in [0.2, 0.25) is 0 Å². The number of amides is 1. The first-order chi connectivity index (χ1) is 13.6. The van der Waals surface area contributed by atoms with Crippen molar-refractivity contribution in [2.24, 2.45) is 0 Å². The summed E-state index contributed by atoms with van der Waals surface area (Å²) in [6.45, 7) is 3.00. The van der Waals surface area contributed by atoms with E-state index in [-0.39, 0.29) is 17.2 Å². The average Bonchev–Trinajstić information content (AvgIpc) is 3.25. The quantitative estimate of drug-likeness (QED) is 0.476. The van der Waals surface area contributed by atoms with Crippen LogP contribution in [0.4, 0.5) is 5.69 Å². The molecule has 0 saturated carbocycles. The van der Waals surface area contributed by atoms with Gasteiger partial charge in [0.25, 0.3) is 11.6 Å². The van der Waals surface area contributed by atoms with Crippen molar-refractivity contribution in [3.8, 4) is 11.4 Å². The molecular formula is C20H20N4O4. The molecule has 1 aromatic heterocycles. The number of nitro groups is 1. The molecule has 1 N–H and O–H groups in total. The van der Waals surface area contributed by atoms with Crippen LogP contribution < -0.4 is 10.1 Å². The molecule has 0 bridgehead atoms. The molecule has 0 atom stereocenters. The lowest BCUT2D eigenvalue weighted by atomic mass is 10.1. The van der Waals surface area contributed by atoms with Crippen molar-refractivity contribution in [3.63, 3.8) is 0 Å². The van der Waals surface area contributed by atoms with Gasteiger partial charge in [-0.3, -0.25) is 14.9 Å². The van der Waals surface area contributed by atoms with E-state index in [4.69, 9.17) is 4.74 Å². The molecule has 8 heteroatoms. The predicted molar refractivity (Wildman–Crippen MR) is 104 cm³/mol. The normalized spacial score (nSPS) is 10.5. The minimum Gasteiger partial charge on any atom is -0.494 e. The van der Waals surface area contributed by atoms with E-state index in [9.17, 15) is 14.9 Å². The second kappa shape index (κ2) is 8.81. The van der Waals surface area contributed by atoms with Crippen molar-refractivity contribution in [1.82, 2.24) is 14.9 Å². The van der Waals surface area contributed by atoms with E-state index in [1.54, 1.807) is 12.3 Å². The van der Waals surface area contributed by atoms with Gasteiger partial charge in [-0.2, -0.15) is 0 Å². The zero-order valence-electron chi connectivity index (χ0n) is 15.4. The van der Waals surface area contributed by atoms with Crippen molar-refractivity contribution in [2.45, 2.75) is 19.9 Å². The molecule has 3 aromatic rings. The molecule has 1 amide bonds. The number of benzene rings is 2. The number of hydrogen-bond acceptors (Lipinski definition) is 5. The zero-order chi connectivity index (χ0) is 19.9. The number of nitro benzene ring substituents is 1. The Balaban J connectivity index is 1.69. The minimum absolute atomic E-state index is 0.164. The molecule has 0 aliphatic heterocycles. The maximum atomic E-state index is 12.4. The lowest BCUT2D eigenvalue weighted by molar-refractivity contribution is -0.384. The molecule has 3 rings (SSSR count). The van der Waals surface area contributed by atoms with Gasteiger partial charge in [-0.1, -0.05) is 19.1 Å². The molecule has 0 fully saturated rings. The van der Waals surface area contributed by atoms with Gasteiger partial charge in [0.1, 0.15) is 11.4 Å². The molecule has 0 saturated heterocycles. The molecule has 0 spiro atoms. The van der Waals surface area contributed by atoms with E-state index in [0.29, 0.717) is 18.8 Å². The van der Waals surface area contributed by atoms with Crippen molar-refractivity contribution < 1.29 is 14.5 Å². The Bertz CT molecular complexity index is 953. The van der Waals surface area contributed by atoms with Crippen LogP contribution in [0.1, 0.15) is 29.3 Å². The number of rotatable bonds is 8. The van der Waals surface area contributed by atoms with Crippen LogP contribution in [0.5, 0.6) is 5.75 Å². The highest BCUT2D eigenvalue weighted by molar-refractivity contribution is 5.95. The molecule has 0 unspecified atom stereocenters. The molecular weight excluding hydrogens is 360 g/mol. The number of nitrogens with one attached hydrogen (secondary N) is 1. The molecule has 28 heavy (non-hydrogen) atoms. The highest BCUT2D eigenvalue weighted by Crippen LogP contribution is 2.24. The third-order valence-corrected chi connectivity index (χ3v) is 4.07. The van der Waals surface area contributed by atoms with Gasteiger partial charge in [0.15, 0.2) is 0 Å². The fraction of sp³-hybridized carbons (Fsp3) is 0.200. The summed E-state index contributed by atoms with van der Waals surface area (Å²) in [4.78, 5) is 27.2. The summed E-state index contributed by atoms with van der Waals surface area (Å²) in [6, 6.07) is 11.8. The molecule has 8 nitrogen and oxygen atoms in total. The molecule has 144 valence electrons. The first-order valence-electron chi connectivity index (χ1n) is 8.85. The SMILES string of the molecule is CCCOc1ccc(CNC(=O)c2ccc(-n3ccnc3)c([N+](=O)[O-])c2)cc1. The lowest BCUT2D eigenvalue weighted by Gasteiger charge is -2.09. The number of imidazole rings is 1. The Kier molecular flexibility index (Phi) is 6.01. The Hall–Kier alpha value is -3.68. The topological polar surface area (TPSA) is 99.3 Å². The molecule has 0 radical (unpaired) electrons. The summed E-state index contributed by atoms with van der Waals surface area (Å²) in [5.41, 5.74) is 1.31. The first kappa shape index (κ1) is 19.1. The van der Waals surface area contributed by atoms with Gasteiger partial charge in [-0.05, 0) is 36.2 Å². The van der Waals surface area contributed by atoms with Crippen molar-refractivity contribution in [2.75, 3.05) is 6.61 Å². The van der Waals surface area contributed by atoms with Crippen LogP contribution in [0.2, 0.25) is 0 Å². The maximum Gasteiger partial charge on any atom is 0.294 e. The average molecular weight is 380 g/mol. The van der Waals surface area contributed by atoms with Crippen molar-refractivity contribution >= 4 is 11.6 Å². The summed E-state index contributed by atoms with van der Waals surface area (Å²) in [5.74, 6) is 0.397. The van der Waals surface area contributed by atoms with Crippen LogP contribution in [0.3, 0.4) is 0 Å². The van der Waals surface area contributed by atoms with Gasteiger partial charge >= 0.3 is 0 Å². The first-order valence-corrected chi connectivity index (χ1v) is 8.85. The highest BCUT2D eigenvalue weighted by atomic mass is 16.6. The van der Waals surface area contributed by atoms with Crippen molar-refractivity contribution in [3.05, 3.63) is 82.4 Å². The summed E-state index contributed by atoms with van der Waals surface area (Å²) in [5, 5.41) is 14.2. The number of aromatic nitrogens is 2. The zero-order valence-corrected chi connectivity index (χ0v) is 15.4. The van der Waals surface area contributed by atoms with Crippen LogP contribution in [0.15, 0.2) is 61.2 Å². The van der Waals surface area contributed by atoms with E-state index in [1.807, 2.05) is 31.2 Å². The van der Waals surface area contributed by atoms with Crippen LogP contribution >= 0.6 is 0 Å². The third kappa shape index (κ3) is 4.53. The number of hydrogen-bond donors (Lipinski definition) is 1. The summed E-state index contributed by atoms with van der Waals surface area (Å²) in [7, 11) is 0. The predicted octanol–water partition coefficient (Wildman–Crippen LogP) is 3.50. The van der Waals surface area contributed by atoms with Gasteiger partial charge in [0.05, 0.1) is 17.9 Å². The Morgan fingerprint density at radius 3 is 2.68 bits per heavy atom. The van der Waals surface area contributed by atoms with E-state index in [1.165, 1.54) is 29.2 Å². The van der Waals surface area contributed by atoms with Crippen LogP contribution in [0, 0.1) is 10.1 Å². The monoisotopic (exact) mass is 380 g/mol. The maximum absolute atomic E-state index is 12.4. The molecule has 0 aliphatic rings. The van der Waals surface area contributed by atoms with Gasteiger partial charge in [0, 0.05) is 30.6 Å². The van der Waals surface area contributed by atoms with Crippen LogP contribution in [-0.4, -0.2) is 27.0 Å². The third-order valence-electron chi connectivity index (χ3n) is 4.07. The van der Waals surface area contributed by atoms with Gasteiger partial charge < -0.3 is 14.6 Å². The smallest absolute Gasteiger partial charge is 0.294 e. The van der Waals surface area contributed by atoms with E-state index >= 15 is 0 Å². The van der Waals surface area contributed by atoms with Gasteiger partial charge in [-0.15, -0.1) is 0 Å². The van der Waals surface area contributed by atoms with E-state index in [0.717, 1.165) is 17.7 Å². The number of nitrogens with zero attached hydrogens (tertiary/aromatic N) is 3. The fourth-order valence-corrected chi connectivity index (χ4v) is 2.64. The van der Waals surface area contributed by atoms with Crippen LogP contribution in [-0.2, 0) is 6.54 Å². The summed E-state index contributed by atoms with van der Waals surface area (Å²) >= 11 is 0. The largest absolute Gasteiger partial charge is 0.494 e. The Labute approximate surface area is 161 Å². The molecule has 1 heterocycles. The second-order valence-corrected chi connectivity index (χ2v) is 6.11. The summed E-state index contributed by atoms with van der Waals surface area (Å²) < 4.78 is 7.05. The minimum atomic E-state index is -0.513. The Morgan fingerprint density at radius 1 is 1.25 bits per heavy atom. The molecule has 2 aromatic carbocycles. The van der Waals surface area contributed by atoms with Crippen LogP contribution in [0.25, 0.3) is 5.69 Å². The highest BCUT2D eigenvalue weighted by Gasteiger charge is 2.18. The standard InChI is InChI=1S/C20H20N4O4/c1-2-11-28-17-6-3-15(4-7-17)13-22-20(25)16-5-8-18(19(12-16)24(26)27)23-10-9-21-14-23/h3-10,12,14H,2,11,13H2,1H3,(H,22,25). The van der Waals surface area contributed by atoms with E-state index < -0.39 is 4.92 Å². The fourth-order valence-electron chi connectivity index (χ4n) is 2.64.